The Morgan fingerprint density at radius 2 is 2.15 bits per heavy atom. The Balaban J connectivity index is 0.00000338. The molecule has 26 heavy (non-hydrogen) atoms. The first-order chi connectivity index (χ1) is 12.2. The number of guanidine groups is 1. The Labute approximate surface area is 172 Å². The van der Waals surface area contributed by atoms with E-state index in [-0.39, 0.29) is 24.0 Å². The fraction of sp³-hybridized carbons (Fsp3) is 0.500. The third-order valence-corrected chi connectivity index (χ3v) is 3.51. The molecule has 0 aliphatic heterocycles. The molecule has 1 heterocycles. The Morgan fingerprint density at radius 1 is 1.31 bits per heavy atom. The fourth-order valence-corrected chi connectivity index (χ4v) is 2.28. The van der Waals surface area contributed by atoms with E-state index >= 15 is 0 Å². The number of nitrogens with zero attached hydrogens (tertiary/aromatic N) is 3. The number of H-pyrrole nitrogens is 1. The molecular formula is C18H29IN6O. The van der Waals surface area contributed by atoms with Gasteiger partial charge in [-0.3, -0.25) is 10.1 Å². The third-order valence-electron chi connectivity index (χ3n) is 3.51. The number of hydrogen-bond acceptors (Lipinski definition) is 4. The summed E-state index contributed by atoms with van der Waals surface area (Å²) in [5.74, 6) is 2.13. The number of aliphatic imine (C=N–C) groups is 1. The van der Waals surface area contributed by atoms with E-state index in [1.165, 1.54) is 6.33 Å². The molecule has 1 aromatic heterocycles. The van der Waals surface area contributed by atoms with E-state index in [9.17, 15) is 0 Å². The maximum absolute atomic E-state index is 5.57. The minimum Gasteiger partial charge on any atom is -0.381 e. The molecule has 2 aromatic rings. The number of halogens is 1. The van der Waals surface area contributed by atoms with Crippen LogP contribution in [0.3, 0.4) is 0 Å². The summed E-state index contributed by atoms with van der Waals surface area (Å²) in [5.41, 5.74) is 2.17. The first kappa shape index (κ1) is 22.4. The molecule has 144 valence electrons. The molecule has 0 radical (unpaired) electrons. The molecule has 0 aliphatic rings. The number of nitrogens with one attached hydrogen (secondary N) is 3. The highest BCUT2D eigenvalue weighted by Gasteiger charge is 2.03. The van der Waals surface area contributed by atoms with Gasteiger partial charge in [0.15, 0.2) is 11.8 Å². The minimum absolute atomic E-state index is 0. The molecule has 0 saturated carbocycles. The standard InChI is InChI=1S/C18H28N6O.HI/c1-14(2)12-25-9-5-8-20-18(19-3)21-11-15-6-4-7-16(10-15)17-22-13-23-24-17;/h4,6-7,10,13-14H,5,8-9,11-12H2,1-3H3,(H2,19,20,21)(H,22,23,24);1H. The van der Waals surface area contributed by atoms with Crippen LogP contribution < -0.4 is 10.6 Å². The van der Waals surface area contributed by atoms with Crippen molar-refractivity contribution >= 4 is 29.9 Å². The van der Waals surface area contributed by atoms with Gasteiger partial charge in [-0.1, -0.05) is 32.0 Å². The van der Waals surface area contributed by atoms with Crippen LogP contribution in [0.15, 0.2) is 35.6 Å². The summed E-state index contributed by atoms with van der Waals surface area (Å²) in [6.07, 6.45) is 2.46. The number of aromatic nitrogens is 3. The molecule has 0 spiro atoms. The first-order valence-electron chi connectivity index (χ1n) is 8.66. The average Bonchev–Trinajstić information content (AvgIpc) is 3.15. The van der Waals surface area contributed by atoms with Crippen LogP contribution in [0.2, 0.25) is 0 Å². The van der Waals surface area contributed by atoms with E-state index in [0.29, 0.717) is 12.5 Å². The SMILES string of the molecule is CN=C(NCCCOCC(C)C)NCc1cccc(-c2ncn[nH]2)c1.I. The summed E-state index contributed by atoms with van der Waals surface area (Å²) in [4.78, 5) is 8.43. The van der Waals surface area contributed by atoms with Gasteiger partial charge in [0.2, 0.25) is 0 Å². The summed E-state index contributed by atoms with van der Waals surface area (Å²) in [7, 11) is 1.77. The maximum atomic E-state index is 5.57. The second-order valence-electron chi connectivity index (χ2n) is 6.21. The Hall–Kier alpha value is -1.68. The smallest absolute Gasteiger partial charge is 0.191 e. The predicted molar refractivity (Wildman–Crippen MR) is 116 cm³/mol. The number of rotatable bonds is 9. The zero-order chi connectivity index (χ0) is 17.9. The monoisotopic (exact) mass is 472 g/mol. The Kier molecular flexibility index (Phi) is 10.9. The Bertz CT molecular complexity index is 645. The lowest BCUT2D eigenvalue weighted by atomic mass is 10.1. The fourth-order valence-electron chi connectivity index (χ4n) is 2.28. The molecular weight excluding hydrogens is 443 g/mol. The van der Waals surface area contributed by atoms with Crippen molar-refractivity contribution in [1.29, 1.82) is 0 Å². The molecule has 2 rings (SSSR count). The maximum Gasteiger partial charge on any atom is 0.191 e. The van der Waals surface area contributed by atoms with Gasteiger partial charge in [-0.2, -0.15) is 5.10 Å². The average molecular weight is 472 g/mol. The van der Waals surface area contributed by atoms with E-state index in [4.69, 9.17) is 4.74 Å². The van der Waals surface area contributed by atoms with Gasteiger partial charge in [0.05, 0.1) is 0 Å². The molecule has 0 bridgehead atoms. The number of ether oxygens (including phenoxy) is 1. The summed E-state index contributed by atoms with van der Waals surface area (Å²) in [6.45, 7) is 7.40. The largest absolute Gasteiger partial charge is 0.381 e. The number of aromatic amines is 1. The van der Waals surface area contributed by atoms with E-state index in [2.05, 4.69) is 56.8 Å². The number of benzene rings is 1. The van der Waals surface area contributed by atoms with Crippen LogP contribution in [-0.2, 0) is 11.3 Å². The lowest BCUT2D eigenvalue weighted by molar-refractivity contribution is 0.108. The van der Waals surface area contributed by atoms with Crippen molar-refractivity contribution in [3.8, 4) is 11.4 Å². The van der Waals surface area contributed by atoms with Gasteiger partial charge in [0.1, 0.15) is 6.33 Å². The van der Waals surface area contributed by atoms with Crippen LogP contribution in [0.25, 0.3) is 11.4 Å². The molecule has 0 fully saturated rings. The van der Waals surface area contributed by atoms with Gasteiger partial charge in [-0.15, -0.1) is 24.0 Å². The van der Waals surface area contributed by atoms with Crippen molar-refractivity contribution in [3.63, 3.8) is 0 Å². The molecule has 0 unspecified atom stereocenters. The van der Waals surface area contributed by atoms with Gasteiger partial charge in [0, 0.05) is 38.9 Å². The van der Waals surface area contributed by atoms with Crippen molar-refractivity contribution in [1.82, 2.24) is 25.8 Å². The highest BCUT2D eigenvalue weighted by Crippen LogP contribution is 2.15. The summed E-state index contributed by atoms with van der Waals surface area (Å²) < 4.78 is 5.57. The van der Waals surface area contributed by atoms with Crippen molar-refractivity contribution in [2.45, 2.75) is 26.8 Å². The van der Waals surface area contributed by atoms with Crippen molar-refractivity contribution in [3.05, 3.63) is 36.2 Å². The van der Waals surface area contributed by atoms with E-state index in [1.54, 1.807) is 7.05 Å². The van der Waals surface area contributed by atoms with Crippen LogP contribution >= 0.6 is 24.0 Å². The zero-order valence-electron chi connectivity index (χ0n) is 15.7. The molecule has 0 atom stereocenters. The Morgan fingerprint density at radius 3 is 2.85 bits per heavy atom. The minimum atomic E-state index is 0. The topological polar surface area (TPSA) is 87.2 Å². The predicted octanol–water partition coefficient (Wildman–Crippen LogP) is 2.82. The second kappa shape index (κ2) is 12.6. The summed E-state index contributed by atoms with van der Waals surface area (Å²) in [5, 5.41) is 13.4. The lowest BCUT2D eigenvalue weighted by Crippen LogP contribution is -2.37. The number of hydrogen-bond donors (Lipinski definition) is 3. The van der Waals surface area contributed by atoms with E-state index in [0.717, 1.165) is 49.1 Å². The summed E-state index contributed by atoms with van der Waals surface area (Å²) >= 11 is 0. The van der Waals surface area contributed by atoms with Crippen molar-refractivity contribution in [2.24, 2.45) is 10.9 Å². The van der Waals surface area contributed by atoms with Gasteiger partial charge >= 0.3 is 0 Å². The molecule has 0 amide bonds. The molecule has 8 heteroatoms. The summed E-state index contributed by atoms with van der Waals surface area (Å²) in [6, 6.07) is 8.17. The quantitative estimate of drug-likeness (QED) is 0.226. The first-order valence-corrected chi connectivity index (χ1v) is 8.66. The van der Waals surface area contributed by atoms with Crippen LogP contribution in [0.5, 0.6) is 0 Å². The van der Waals surface area contributed by atoms with Crippen LogP contribution in [0.4, 0.5) is 0 Å². The van der Waals surface area contributed by atoms with Gasteiger partial charge in [0.25, 0.3) is 0 Å². The molecule has 7 nitrogen and oxygen atoms in total. The van der Waals surface area contributed by atoms with Gasteiger partial charge in [-0.05, 0) is 24.0 Å². The molecule has 1 aromatic carbocycles. The molecule has 0 saturated heterocycles. The van der Waals surface area contributed by atoms with Gasteiger partial charge < -0.3 is 15.4 Å². The lowest BCUT2D eigenvalue weighted by Gasteiger charge is -2.13. The van der Waals surface area contributed by atoms with E-state index < -0.39 is 0 Å². The zero-order valence-corrected chi connectivity index (χ0v) is 18.0. The van der Waals surface area contributed by atoms with Crippen molar-refractivity contribution < 1.29 is 4.74 Å². The van der Waals surface area contributed by atoms with Crippen LogP contribution in [0.1, 0.15) is 25.8 Å². The highest BCUT2D eigenvalue weighted by atomic mass is 127. The molecule has 0 aliphatic carbocycles. The van der Waals surface area contributed by atoms with Gasteiger partial charge in [-0.25, -0.2) is 4.98 Å². The van der Waals surface area contributed by atoms with Crippen LogP contribution in [-0.4, -0.2) is 47.9 Å². The van der Waals surface area contributed by atoms with E-state index in [1.807, 2.05) is 12.1 Å². The third kappa shape index (κ3) is 8.13. The highest BCUT2D eigenvalue weighted by molar-refractivity contribution is 14.0. The van der Waals surface area contributed by atoms with Crippen LogP contribution in [0, 0.1) is 5.92 Å². The normalized spacial score (nSPS) is 11.3. The van der Waals surface area contributed by atoms with Crippen molar-refractivity contribution in [2.75, 3.05) is 26.8 Å². The second-order valence-corrected chi connectivity index (χ2v) is 6.21. The molecule has 3 N–H and O–H groups in total.